The molecule has 0 radical (unpaired) electrons. The first-order valence-electron chi connectivity index (χ1n) is 10.5. The first-order chi connectivity index (χ1) is 14.6. The molecule has 1 aromatic heterocycles. The summed E-state index contributed by atoms with van der Waals surface area (Å²) in [6.45, 7) is 5.51. The van der Waals surface area contributed by atoms with Crippen LogP contribution in [0.15, 0.2) is 52.4 Å². The van der Waals surface area contributed by atoms with Crippen molar-refractivity contribution in [2.45, 2.75) is 39.3 Å². The second kappa shape index (κ2) is 13.4. The molecule has 0 aliphatic carbocycles. The lowest BCUT2D eigenvalue weighted by molar-refractivity contribution is 0.171. The molecule has 0 saturated carbocycles. The molecular weight excluding hydrogens is 380 g/mol. The number of aromatic nitrogens is 1. The van der Waals surface area contributed by atoms with E-state index in [2.05, 4.69) is 40.7 Å². The number of benzene rings is 1. The van der Waals surface area contributed by atoms with Crippen LogP contribution in [-0.2, 0) is 17.8 Å². The number of unbranched alkanes of at least 4 members (excludes halogenated alkanes) is 1. The molecular formula is C23H34N4O3. The van der Waals surface area contributed by atoms with Gasteiger partial charge in [-0.15, -0.1) is 0 Å². The lowest BCUT2D eigenvalue weighted by Gasteiger charge is -2.15. The van der Waals surface area contributed by atoms with Crippen LogP contribution in [0.2, 0.25) is 0 Å². The average Bonchev–Trinajstić information content (AvgIpc) is 2.75. The van der Waals surface area contributed by atoms with Gasteiger partial charge in [-0.1, -0.05) is 18.2 Å². The predicted molar refractivity (Wildman–Crippen MR) is 121 cm³/mol. The van der Waals surface area contributed by atoms with Crippen LogP contribution in [0.25, 0.3) is 0 Å². The molecule has 30 heavy (non-hydrogen) atoms. The average molecular weight is 415 g/mol. The molecule has 0 aliphatic heterocycles. The number of guanidine groups is 1. The van der Waals surface area contributed by atoms with Crippen LogP contribution in [0.5, 0.6) is 5.75 Å². The Hall–Kier alpha value is -2.80. The molecule has 0 atom stereocenters. The minimum Gasteiger partial charge on any atom is -0.493 e. The number of nitrogens with zero attached hydrogens (tertiary/aromatic N) is 2. The van der Waals surface area contributed by atoms with Crippen LogP contribution in [-0.4, -0.2) is 44.4 Å². The molecule has 7 heteroatoms. The summed E-state index contributed by atoms with van der Waals surface area (Å²) >= 11 is 0. The first kappa shape index (κ1) is 23.5. The minimum absolute atomic E-state index is 0.0428. The topological polar surface area (TPSA) is 76.9 Å². The molecule has 0 saturated heterocycles. The van der Waals surface area contributed by atoms with E-state index in [0.717, 1.165) is 49.6 Å². The Bertz CT molecular complexity index is 848. The van der Waals surface area contributed by atoms with Crippen molar-refractivity contribution in [1.29, 1.82) is 0 Å². The van der Waals surface area contributed by atoms with Crippen LogP contribution in [0.1, 0.15) is 30.4 Å². The van der Waals surface area contributed by atoms with Crippen LogP contribution in [0.3, 0.4) is 0 Å². The molecule has 0 bridgehead atoms. The van der Waals surface area contributed by atoms with Crippen LogP contribution < -0.4 is 20.9 Å². The molecule has 2 rings (SSSR count). The zero-order valence-electron chi connectivity index (χ0n) is 18.3. The first-order valence-corrected chi connectivity index (χ1v) is 10.5. The van der Waals surface area contributed by atoms with Crippen LogP contribution >= 0.6 is 0 Å². The fourth-order valence-electron chi connectivity index (χ4n) is 2.99. The highest BCUT2D eigenvalue weighted by Gasteiger charge is 2.06. The van der Waals surface area contributed by atoms with Crippen molar-refractivity contribution >= 4 is 5.96 Å². The van der Waals surface area contributed by atoms with Crippen molar-refractivity contribution in [1.82, 2.24) is 15.2 Å². The van der Waals surface area contributed by atoms with Crippen molar-refractivity contribution in [3.63, 3.8) is 0 Å². The number of nitrogens with one attached hydrogen (secondary N) is 2. The zero-order valence-corrected chi connectivity index (χ0v) is 18.3. The van der Waals surface area contributed by atoms with E-state index in [9.17, 15) is 4.79 Å². The van der Waals surface area contributed by atoms with Gasteiger partial charge in [0.05, 0.1) is 6.61 Å². The standard InChI is InChI=1S/C23H34N4O3/c1-19-10-11-20(21(17-19)30-16-8-15-29-3)18-26-23(24-2)25-12-5-7-14-27-13-6-4-9-22(27)28/h4,6,9-11,13,17H,5,7-8,12,14-16,18H2,1-3H3,(H2,24,25,26). The molecule has 1 heterocycles. The lowest BCUT2D eigenvalue weighted by Crippen LogP contribution is -2.37. The summed E-state index contributed by atoms with van der Waals surface area (Å²) in [7, 11) is 3.46. The summed E-state index contributed by atoms with van der Waals surface area (Å²) in [4.78, 5) is 16.0. The maximum absolute atomic E-state index is 11.7. The Balaban J connectivity index is 1.75. The van der Waals surface area contributed by atoms with Crippen molar-refractivity contribution in [3.05, 3.63) is 64.1 Å². The minimum atomic E-state index is 0.0428. The van der Waals surface area contributed by atoms with E-state index >= 15 is 0 Å². The molecule has 2 aromatic rings. The smallest absolute Gasteiger partial charge is 0.250 e. The van der Waals surface area contributed by atoms with Crippen molar-refractivity contribution in [3.8, 4) is 5.75 Å². The summed E-state index contributed by atoms with van der Waals surface area (Å²) in [5, 5.41) is 6.67. The number of rotatable bonds is 12. The number of hydrogen-bond acceptors (Lipinski definition) is 4. The fraction of sp³-hybridized carbons (Fsp3) is 0.478. The van der Waals surface area contributed by atoms with E-state index < -0.39 is 0 Å². The van der Waals surface area contributed by atoms with Gasteiger partial charge in [0.25, 0.3) is 0 Å². The molecule has 1 aromatic carbocycles. The van der Waals surface area contributed by atoms with E-state index in [0.29, 0.717) is 19.8 Å². The Labute approximate surface area is 179 Å². The van der Waals surface area contributed by atoms with Gasteiger partial charge in [-0.2, -0.15) is 0 Å². The maximum Gasteiger partial charge on any atom is 0.250 e. The molecule has 164 valence electrons. The fourth-order valence-corrected chi connectivity index (χ4v) is 2.99. The van der Waals surface area contributed by atoms with Gasteiger partial charge in [0.1, 0.15) is 5.75 Å². The second-order valence-electron chi connectivity index (χ2n) is 7.10. The zero-order chi connectivity index (χ0) is 21.6. The van der Waals surface area contributed by atoms with Gasteiger partial charge in [0, 0.05) is 64.6 Å². The van der Waals surface area contributed by atoms with Gasteiger partial charge in [-0.05, 0) is 37.5 Å². The highest BCUT2D eigenvalue weighted by atomic mass is 16.5. The monoisotopic (exact) mass is 414 g/mol. The largest absolute Gasteiger partial charge is 0.493 e. The second-order valence-corrected chi connectivity index (χ2v) is 7.10. The molecule has 0 unspecified atom stereocenters. The molecule has 2 N–H and O–H groups in total. The number of pyridine rings is 1. The van der Waals surface area contributed by atoms with Gasteiger partial charge in [0.15, 0.2) is 5.96 Å². The SMILES string of the molecule is CN=C(NCCCCn1ccccc1=O)NCc1ccc(C)cc1OCCCOC. The third-order valence-corrected chi connectivity index (χ3v) is 4.66. The van der Waals surface area contributed by atoms with E-state index in [1.807, 2.05) is 12.3 Å². The maximum atomic E-state index is 11.7. The summed E-state index contributed by atoms with van der Waals surface area (Å²) in [6, 6.07) is 11.5. The molecule has 0 aliphatic rings. The third kappa shape index (κ3) is 8.29. The number of methoxy groups -OCH3 is 1. The van der Waals surface area contributed by atoms with E-state index in [4.69, 9.17) is 9.47 Å². The van der Waals surface area contributed by atoms with E-state index in [1.165, 1.54) is 5.56 Å². The molecule has 7 nitrogen and oxygen atoms in total. The molecule has 0 spiro atoms. The summed E-state index contributed by atoms with van der Waals surface area (Å²) in [5.41, 5.74) is 2.30. The Morgan fingerprint density at radius 3 is 2.73 bits per heavy atom. The lowest BCUT2D eigenvalue weighted by atomic mass is 10.1. The van der Waals surface area contributed by atoms with Crippen molar-refractivity contribution < 1.29 is 9.47 Å². The van der Waals surface area contributed by atoms with Gasteiger partial charge in [-0.3, -0.25) is 9.79 Å². The van der Waals surface area contributed by atoms with Crippen LogP contribution in [0.4, 0.5) is 0 Å². The van der Waals surface area contributed by atoms with Gasteiger partial charge >= 0.3 is 0 Å². The number of ether oxygens (including phenoxy) is 2. The predicted octanol–water partition coefficient (Wildman–Crippen LogP) is 2.72. The highest BCUT2D eigenvalue weighted by Crippen LogP contribution is 2.20. The summed E-state index contributed by atoms with van der Waals surface area (Å²) in [5.74, 6) is 1.64. The van der Waals surface area contributed by atoms with Crippen molar-refractivity contribution in [2.75, 3.05) is 33.9 Å². The Kier molecular flexibility index (Phi) is 10.5. The normalized spacial score (nSPS) is 11.4. The number of aryl methyl sites for hydroxylation is 2. The van der Waals surface area contributed by atoms with Gasteiger partial charge in [0.2, 0.25) is 5.56 Å². The van der Waals surface area contributed by atoms with Crippen LogP contribution in [0, 0.1) is 6.92 Å². The quantitative estimate of drug-likeness (QED) is 0.317. The Morgan fingerprint density at radius 1 is 1.10 bits per heavy atom. The summed E-state index contributed by atoms with van der Waals surface area (Å²) < 4.78 is 12.8. The molecule has 0 amide bonds. The highest BCUT2D eigenvalue weighted by molar-refractivity contribution is 5.79. The van der Waals surface area contributed by atoms with E-state index in [1.54, 1.807) is 30.9 Å². The Morgan fingerprint density at radius 2 is 1.97 bits per heavy atom. The van der Waals surface area contributed by atoms with E-state index in [-0.39, 0.29) is 5.56 Å². The number of aliphatic imine (C=N–C) groups is 1. The van der Waals surface area contributed by atoms with Gasteiger partial charge < -0.3 is 24.7 Å². The summed E-state index contributed by atoms with van der Waals surface area (Å²) in [6.07, 6.45) is 4.55. The van der Waals surface area contributed by atoms with Gasteiger partial charge in [-0.25, -0.2) is 0 Å². The van der Waals surface area contributed by atoms with Crippen molar-refractivity contribution in [2.24, 2.45) is 4.99 Å². The number of hydrogen-bond donors (Lipinski definition) is 2. The molecule has 0 fully saturated rings. The third-order valence-electron chi connectivity index (χ3n) is 4.66.